The van der Waals surface area contributed by atoms with Gasteiger partial charge in [0, 0.05) is 32.1 Å². The minimum absolute atomic E-state index is 0.0359. The molecule has 1 saturated carbocycles. The minimum atomic E-state index is -0.0359. The molecule has 1 aliphatic heterocycles. The molecule has 180 valence electrons. The van der Waals surface area contributed by atoms with Crippen LogP contribution in [-0.2, 0) is 17.9 Å². The number of likely N-dealkylation sites (tertiary alicyclic amines) is 1. The van der Waals surface area contributed by atoms with Crippen molar-refractivity contribution < 1.29 is 14.3 Å². The van der Waals surface area contributed by atoms with Gasteiger partial charge in [0.2, 0.25) is 5.91 Å². The Balaban J connectivity index is 1.26. The second kappa shape index (κ2) is 11.0. The number of hydrogen-bond donors (Lipinski definition) is 1. The first-order valence-electron chi connectivity index (χ1n) is 12.0. The normalized spacial score (nSPS) is 19.2. The molecule has 1 aromatic heterocycles. The summed E-state index contributed by atoms with van der Waals surface area (Å²) in [5.74, 6) is 1.68. The van der Waals surface area contributed by atoms with Crippen molar-refractivity contribution in [2.75, 3.05) is 27.3 Å². The number of hydrogen-bond acceptors (Lipinski definition) is 7. The van der Waals surface area contributed by atoms with Crippen LogP contribution in [0.15, 0.2) is 24.5 Å². The van der Waals surface area contributed by atoms with Gasteiger partial charge in [-0.05, 0) is 59.2 Å². The van der Waals surface area contributed by atoms with Crippen molar-refractivity contribution in [2.24, 2.45) is 5.41 Å². The predicted octanol–water partition coefficient (Wildman–Crippen LogP) is 2.81. The second-order valence-electron chi connectivity index (χ2n) is 9.55. The number of methoxy groups -OCH3 is 2. The molecular formula is C24H36N6O3. The van der Waals surface area contributed by atoms with E-state index in [1.54, 1.807) is 25.2 Å². The highest BCUT2D eigenvalue weighted by molar-refractivity contribution is 5.77. The molecule has 2 fully saturated rings. The van der Waals surface area contributed by atoms with Crippen LogP contribution in [0.3, 0.4) is 0 Å². The number of rotatable bonds is 9. The maximum Gasteiger partial charge on any atom is 0.220 e. The zero-order chi connectivity index (χ0) is 23.1. The fourth-order valence-electron chi connectivity index (χ4n) is 5.38. The molecule has 0 radical (unpaired) electrons. The molecule has 0 unspecified atom stereocenters. The van der Waals surface area contributed by atoms with Crippen molar-refractivity contribution >= 4 is 5.91 Å². The fraction of sp³-hybridized carbons (Fsp3) is 0.667. The first kappa shape index (κ1) is 23.5. The van der Waals surface area contributed by atoms with Gasteiger partial charge in [0.15, 0.2) is 11.5 Å². The van der Waals surface area contributed by atoms with E-state index in [2.05, 4.69) is 31.8 Å². The Morgan fingerprint density at radius 1 is 1.12 bits per heavy atom. The zero-order valence-electron chi connectivity index (χ0n) is 19.8. The van der Waals surface area contributed by atoms with Crippen LogP contribution >= 0.6 is 0 Å². The third-order valence-corrected chi connectivity index (χ3v) is 7.15. The van der Waals surface area contributed by atoms with Crippen molar-refractivity contribution in [1.29, 1.82) is 0 Å². The molecule has 1 N–H and O–H groups in total. The van der Waals surface area contributed by atoms with Crippen LogP contribution in [0.1, 0.15) is 56.9 Å². The highest BCUT2D eigenvalue weighted by Crippen LogP contribution is 2.40. The lowest BCUT2D eigenvalue weighted by Gasteiger charge is -2.37. The maximum atomic E-state index is 13.0. The molecule has 9 nitrogen and oxygen atoms in total. The summed E-state index contributed by atoms with van der Waals surface area (Å²) in [4.78, 5) is 15.4. The Morgan fingerprint density at radius 2 is 1.88 bits per heavy atom. The molecule has 2 aromatic rings. The Kier molecular flexibility index (Phi) is 7.80. The number of nitrogens with zero attached hydrogens (tertiary/aromatic N) is 5. The Labute approximate surface area is 195 Å². The van der Waals surface area contributed by atoms with Crippen molar-refractivity contribution in [3.05, 3.63) is 30.1 Å². The lowest BCUT2D eigenvalue weighted by atomic mass is 9.71. The Morgan fingerprint density at radius 3 is 2.55 bits per heavy atom. The van der Waals surface area contributed by atoms with Gasteiger partial charge >= 0.3 is 0 Å². The lowest BCUT2D eigenvalue weighted by Crippen LogP contribution is -2.46. The molecule has 0 spiro atoms. The van der Waals surface area contributed by atoms with E-state index in [0.29, 0.717) is 6.42 Å². The number of carbonyl (C=O) groups excluding carboxylic acids is 1. The number of ether oxygens (including phenoxy) is 2. The van der Waals surface area contributed by atoms with Gasteiger partial charge in [-0.2, -0.15) is 0 Å². The number of carbonyl (C=O) groups is 1. The van der Waals surface area contributed by atoms with Crippen LogP contribution in [0.4, 0.5) is 0 Å². The Hall–Kier alpha value is -2.68. The van der Waals surface area contributed by atoms with Crippen LogP contribution < -0.4 is 14.8 Å². The smallest absolute Gasteiger partial charge is 0.220 e. The number of aromatic nitrogens is 4. The lowest BCUT2D eigenvalue weighted by molar-refractivity contribution is -0.125. The molecule has 1 aliphatic carbocycles. The summed E-state index contributed by atoms with van der Waals surface area (Å²) in [7, 11) is 3.31. The predicted molar refractivity (Wildman–Crippen MR) is 124 cm³/mol. The summed E-state index contributed by atoms with van der Waals surface area (Å²) in [5.41, 5.74) is 1.17. The summed E-state index contributed by atoms with van der Waals surface area (Å²) >= 11 is 0. The summed E-state index contributed by atoms with van der Waals surface area (Å²) < 4.78 is 12.5. The third-order valence-electron chi connectivity index (χ3n) is 7.15. The third kappa shape index (κ3) is 6.22. The van der Waals surface area contributed by atoms with Crippen LogP contribution in [0.5, 0.6) is 11.5 Å². The Bertz CT molecular complexity index is 890. The van der Waals surface area contributed by atoms with Gasteiger partial charge in [-0.15, -0.1) is 5.10 Å². The molecule has 0 atom stereocenters. The summed E-state index contributed by atoms with van der Waals surface area (Å²) in [5, 5.41) is 14.9. The van der Waals surface area contributed by atoms with E-state index in [9.17, 15) is 4.79 Å². The van der Waals surface area contributed by atoms with Crippen molar-refractivity contribution in [3.8, 4) is 11.5 Å². The van der Waals surface area contributed by atoms with Gasteiger partial charge in [0.1, 0.15) is 6.33 Å². The molecule has 1 aromatic carbocycles. The van der Waals surface area contributed by atoms with Gasteiger partial charge in [-0.1, -0.05) is 25.3 Å². The van der Waals surface area contributed by atoms with Crippen molar-refractivity contribution in [1.82, 2.24) is 30.4 Å². The fourth-order valence-corrected chi connectivity index (χ4v) is 5.38. The van der Waals surface area contributed by atoms with E-state index in [4.69, 9.17) is 9.47 Å². The second-order valence-corrected chi connectivity index (χ2v) is 9.55. The molecule has 9 heteroatoms. The summed E-state index contributed by atoms with van der Waals surface area (Å²) in [6.07, 6.45) is 9.86. The van der Waals surface area contributed by atoms with Crippen LogP contribution in [-0.4, -0.2) is 64.4 Å². The summed E-state index contributed by atoms with van der Waals surface area (Å²) in [6.45, 7) is 3.53. The first-order valence-corrected chi connectivity index (χ1v) is 12.0. The molecule has 0 bridgehead atoms. The standard InChI is InChI=1S/C24H36N6O3/c1-32-21-7-6-19(14-22(21)33-2)16-29-12-8-20(9-13-29)26-23(31)15-24(10-4-3-5-11-24)17-30-18-25-27-28-30/h6-7,14,18,20H,3-5,8-13,15-17H2,1-2H3,(H,26,31). The SMILES string of the molecule is COc1ccc(CN2CCC(NC(=O)CC3(Cn4cnnn4)CCCCC3)CC2)cc1OC. The van der Waals surface area contributed by atoms with Gasteiger partial charge in [-0.3, -0.25) is 9.69 Å². The molecule has 1 saturated heterocycles. The quantitative estimate of drug-likeness (QED) is 0.620. The van der Waals surface area contributed by atoms with E-state index in [0.717, 1.165) is 63.4 Å². The molecule has 2 aliphatic rings. The average Bonchev–Trinajstić information content (AvgIpc) is 3.33. The monoisotopic (exact) mass is 456 g/mol. The number of amides is 1. The molecular weight excluding hydrogens is 420 g/mol. The van der Waals surface area contributed by atoms with Crippen molar-refractivity contribution in [2.45, 2.75) is 70.5 Å². The molecule has 4 rings (SSSR count). The number of benzene rings is 1. The molecule has 33 heavy (non-hydrogen) atoms. The van der Waals surface area contributed by atoms with Crippen molar-refractivity contribution in [3.63, 3.8) is 0 Å². The molecule has 1 amide bonds. The average molecular weight is 457 g/mol. The number of tetrazole rings is 1. The van der Waals surface area contributed by atoms with Crippen LogP contribution in [0, 0.1) is 5.41 Å². The van der Waals surface area contributed by atoms with Gasteiger partial charge in [0.05, 0.1) is 20.8 Å². The highest BCUT2D eigenvalue weighted by Gasteiger charge is 2.36. The highest BCUT2D eigenvalue weighted by atomic mass is 16.5. The first-order chi connectivity index (χ1) is 16.1. The van der Waals surface area contributed by atoms with E-state index in [1.807, 2.05) is 12.1 Å². The van der Waals surface area contributed by atoms with Crippen LogP contribution in [0.2, 0.25) is 0 Å². The number of piperidine rings is 1. The van der Waals surface area contributed by atoms with E-state index < -0.39 is 0 Å². The minimum Gasteiger partial charge on any atom is -0.493 e. The van der Waals surface area contributed by atoms with Gasteiger partial charge < -0.3 is 14.8 Å². The zero-order valence-corrected chi connectivity index (χ0v) is 19.8. The van der Waals surface area contributed by atoms with E-state index in [1.165, 1.54) is 24.8 Å². The topological polar surface area (TPSA) is 94.4 Å². The van der Waals surface area contributed by atoms with E-state index >= 15 is 0 Å². The van der Waals surface area contributed by atoms with E-state index in [-0.39, 0.29) is 17.4 Å². The van der Waals surface area contributed by atoms with Gasteiger partial charge in [0.25, 0.3) is 0 Å². The van der Waals surface area contributed by atoms with Gasteiger partial charge in [-0.25, -0.2) is 4.68 Å². The maximum absolute atomic E-state index is 13.0. The largest absolute Gasteiger partial charge is 0.493 e. The molecule has 2 heterocycles. The van der Waals surface area contributed by atoms with Crippen LogP contribution in [0.25, 0.3) is 0 Å². The summed E-state index contributed by atoms with van der Waals surface area (Å²) in [6, 6.07) is 6.33. The number of nitrogens with one attached hydrogen (secondary N) is 1.